The SMILES string of the molecule is CC.CC1CCC(c2ccc3c(N)nc(F)nn23)O1.COCc1ccccc1.COCc1ccccc1. The van der Waals surface area contributed by atoms with E-state index in [2.05, 4.69) is 10.1 Å². The topological polar surface area (TPSA) is 83.9 Å². The average Bonchev–Trinajstić information content (AvgIpc) is 3.54. The standard InChI is InChI=1S/C11H13FN4O.2C8H10O.C2H6/c1-6-2-5-9(17-6)7-3-4-8-10(13)14-11(12)15-16(7)8;2*1-9-7-8-5-3-2-4-6-8;1-2/h3-4,6,9H,2,5H2,1H3,(H2,13,14,15);2*2-6H,7H2,1H3;1-2H3. The van der Waals surface area contributed by atoms with E-state index in [9.17, 15) is 4.39 Å². The monoisotopic (exact) mass is 510 g/mol. The number of rotatable bonds is 5. The molecule has 2 atom stereocenters. The maximum Gasteiger partial charge on any atom is 0.327 e. The molecule has 200 valence electrons. The minimum atomic E-state index is -0.821. The van der Waals surface area contributed by atoms with Crippen molar-refractivity contribution in [1.82, 2.24) is 14.6 Å². The Labute approximate surface area is 219 Å². The Morgan fingerprint density at radius 2 is 1.43 bits per heavy atom. The van der Waals surface area contributed by atoms with Gasteiger partial charge in [-0.25, -0.2) is 4.52 Å². The first kappa shape index (κ1) is 29.9. The van der Waals surface area contributed by atoms with Crippen LogP contribution >= 0.6 is 0 Å². The van der Waals surface area contributed by atoms with Gasteiger partial charge in [-0.1, -0.05) is 74.5 Å². The molecule has 37 heavy (non-hydrogen) atoms. The van der Waals surface area contributed by atoms with Gasteiger partial charge in [0.25, 0.3) is 0 Å². The van der Waals surface area contributed by atoms with Crippen LogP contribution in [-0.4, -0.2) is 34.9 Å². The van der Waals surface area contributed by atoms with Gasteiger partial charge in [0.1, 0.15) is 5.52 Å². The molecule has 7 nitrogen and oxygen atoms in total. The fourth-order valence-corrected chi connectivity index (χ4v) is 3.76. The van der Waals surface area contributed by atoms with Gasteiger partial charge >= 0.3 is 6.08 Å². The molecule has 1 aliphatic heterocycles. The first-order valence-electron chi connectivity index (χ1n) is 12.5. The van der Waals surface area contributed by atoms with E-state index in [0.717, 1.165) is 18.5 Å². The van der Waals surface area contributed by atoms with Crippen LogP contribution in [-0.2, 0) is 27.4 Å². The first-order chi connectivity index (χ1) is 18.0. The van der Waals surface area contributed by atoms with Gasteiger partial charge in [-0.05, 0) is 43.0 Å². The molecule has 2 aromatic carbocycles. The van der Waals surface area contributed by atoms with Crippen LogP contribution in [0.25, 0.3) is 5.52 Å². The van der Waals surface area contributed by atoms with Gasteiger partial charge < -0.3 is 19.9 Å². The highest BCUT2D eigenvalue weighted by molar-refractivity contribution is 5.65. The zero-order valence-corrected chi connectivity index (χ0v) is 22.4. The van der Waals surface area contributed by atoms with Crippen LogP contribution in [0.15, 0.2) is 72.8 Å². The summed E-state index contributed by atoms with van der Waals surface area (Å²) in [5, 5.41) is 3.74. The number of nitrogens with zero attached hydrogens (tertiary/aromatic N) is 3. The third-order valence-electron chi connectivity index (χ3n) is 5.41. The lowest BCUT2D eigenvalue weighted by Crippen LogP contribution is -2.09. The molecule has 0 aliphatic carbocycles. The number of methoxy groups -OCH3 is 2. The molecule has 0 saturated carbocycles. The number of nitrogens with two attached hydrogens (primary N) is 1. The molecule has 5 rings (SSSR count). The van der Waals surface area contributed by atoms with E-state index in [1.54, 1.807) is 20.3 Å². The number of ether oxygens (including phenoxy) is 3. The Balaban J connectivity index is 0.000000205. The third-order valence-corrected chi connectivity index (χ3v) is 5.41. The first-order valence-corrected chi connectivity index (χ1v) is 12.5. The van der Waals surface area contributed by atoms with Crippen molar-refractivity contribution in [1.29, 1.82) is 0 Å². The lowest BCUT2D eigenvalue weighted by molar-refractivity contribution is 0.0519. The summed E-state index contributed by atoms with van der Waals surface area (Å²) in [6, 6.07) is 23.9. The number of benzene rings is 2. The second kappa shape index (κ2) is 16.4. The van der Waals surface area contributed by atoms with Crippen LogP contribution in [0.3, 0.4) is 0 Å². The molecule has 2 aromatic heterocycles. The Morgan fingerprint density at radius 1 is 0.892 bits per heavy atom. The summed E-state index contributed by atoms with van der Waals surface area (Å²) in [6.45, 7) is 7.45. The van der Waals surface area contributed by atoms with E-state index in [1.165, 1.54) is 15.6 Å². The molecule has 0 spiro atoms. The quantitative estimate of drug-likeness (QED) is 0.335. The Kier molecular flexibility index (Phi) is 13.3. The second-order valence-corrected chi connectivity index (χ2v) is 8.17. The third kappa shape index (κ3) is 9.57. The molecule has 8 heteroatoms. The number of aromatic nitrogens is 3. The van der Waals surface area contributed by atoms with Gasteiger partial charge in [-0.2, -0.15) is 9.37 Å². The molecule has 1 aliphatic rings. The predicted octanol–water partition coefficient (Wildman–Crippen LogP) is 6.38. The van der Waals surface area contributed by atoms with E-state index in [1.807, 2.05) is 87.5 Å². The summed E-state index contributed by atoms with van der Waals surface area (Å²) in [5.74, 6) is 0.148. The molecule has 1 fully saturated rings. The second-order valence-electron chi connectivity index (χ2n) is 8.17. The average molecular weight is 511 g/mol. The molecule has 0 amide bonds. The Morgan fingerprint density at radius 3 is 1.89 bits per heavy atom. The Hall–Kier alpha value is -3.33. The van der Waals surface area contributed by atoms with Crippen LogP contribution in [0.1, 0.15) is 56.5 Å². The molecule has 2 unspecified atom stereocenters. The van der Waals surface area contributed by atoms with E-state index in [4.69, 9.17) is 19.9 Å². The number of fused-ring (bicyclic) bond motifs is 1. The molecular weight excluding hydrogens is 471 g/mol. The maximum absolute atomic E-state index is 13.2. The van der Waals surface area contributed by atoms with Crippen molar-refractivity contribution in [3.63, 3.8) is 0 Å². The van der Waals surface area contributed by atoms with Crippen LogP contribution in [0, 0.1) is 6.08 Å². The highest BCUT2D eigenvalue weighted by Crippen LogP contribution is 2.33. The number of anilines is 1. The number of hydrogen-bond acceptors (Lipinski definition) is 6. The largest absolute Gasteiger partial charge is 0.382 e. The van der Waals surface area contributed by atoms with Crippen molar-refractivity contribution in [2.75, 3.05) is 20.0 Å². The molecule has 0 bridgehead atoms. The smallest absolute Gasteiger partial charge is 0.327 e. The molecule has 3 heterocycles. The van der Waals surface area contributed by atoms with Crippen molar-refractivity contribution in [3.8, 4) is 0 Å². The zero-order chi connectivity index (χ0) is 27.0. The molecule has 4 aromatic rings. The van der Waals surface area contributed by atoms with Crippen LogP contribution in [0.2, 0.25) is 0 Å². The lowest BCUT2D eigenvalue weighted by atomic mass is 10.1. The lowest BCUT2D eigenvalue weighted by Gasteiger charge is -2.10. The number of nitrogen functional groups attached to an aromatic ring is 1. The fraction of sp³-hybridized carbons (Fsp3) is 0.379. The minimum Gasteiger partial charge on any atom is -0.382 e. The van der Waals surface area contributed by atoms with E-state index >= 15 is 0 Å². The fourth-order valence-electron chi connectivity index (χ4n) is 3.76. The van der Waals surface area contributed by atoms with Crippen LogP contribution in [0.4, 0.5) is 10.2 Å². The summed E-state index contributed by atoms with van der Waals surface area (Å²) in [4.78, 5) is 3.50. The van der Waals surface area contributed by atoms with Gasteiger partial charge in [0, 0.05) is 14.2 Å². The van der Waals surface area contributed by atoms with Crippen LogP contribution in [0.5, 0.6) is 0 Å². The van der Waals surface area contributed by atoms with Crippen LogP contribution < -0.4 is 5.73 Å². The highest BCUT2D eigenvalue weighted by atomic mass is 19.1. The van der Waals surface area contributed by atoms with Gasteiger partial charge in [-0.3, -0.25) is 0 Å². The summed E-state index contributed by atoms with van der Waals surface area (Å²) in [5.41, 5.74) is 9.53. The van der Waals surface area contributed by atoms with Crippen molar-refractivity contribution >= 4 is 11.3 Å². The minimum absolute atomic E-state index is 0.0406. The zero-order valence-electron chi connectivity index (χ0n) is 22.4. The molecule has 0 radical (unpaired) electrons. The summed E-state index contributed by atoms with van der Waals surface area (Å²) in [7, 11) is 3.40. The maximum atomic E-state index is 13.2. The summed E-state index contributed by atoms with van der Waals surface area (Å²) in [6.07, 6.45) is 1.29. The normalized spacial score (nSPS) is 16.1. The highest BCUT2D eigenvalue weighted by Gasteiger charge is 2.26. The van der Waals surface area contributed by atoms with Gasteiger partial charge in [0.05, 0.1) is 31.1 Å². The van der Waals surface area contributed by atoms with E-state index < -0.39 is 6.08 Å². The predicted molar refractivity (Wildman–Crippen MR) is 146 cm³/mol. The number of hydrogen-bond donors (Lipinski definition) is 1. The molecular formula is C29H39FN4O3. The summed E-state index contributed by atoms with van der Waals surface area (Å²) >= 11 is 0. The van der Waals surface area contributed by atoms with E-state index in [-0.39, 0.29) is 18.0 Å². The summed E-state index contributed by atoms with van der Waals surface area (Å²) < 4.78 is 30.2. The van der Waals surface area contributed by atoms with Gasteiger partial charge in [-0.15, -0.1) is 5.10 Å². The molecule has 2 N–H and O–H groups in total. The molecule has 1 saturated heterocycles. The van der Waals surface area contributed by atoms with Gasteiger partial charge in [0.15, 0.2) is 5.82 Å². The Bertz CT molecular complexity index is 1110. The van der Waals surface area contributed by atoms with Crippen molar-refractivity contribution < 1.29 is 18.6 Å². The van der Waals surface area contributed by atoms with Crippen molar-refractivity contribution in [2.45, 2.75) is 59.0 Å². The number of halogens is 1. The van der Waals surface area contributed by atoms with E-state index in [0.29, 0.717) is 18.7 Å². The van der Waals surface area contributed by atoms with Crippen molar-refractivity contribution in [3.05, 3.63) is 95.7 Å². The van der Waals surface area contributed by atoms with Crippen molar-refractivity contribution in [2.24, 2.45) is 0 Å². The van der Waals surface area contributed by atoms with Gasteiger partial charge in [0.2, 0.25) is 0 Å².